The Morgan fingerprint density at radius 3 is 1.38 bits per heavy atom. The first kappa shape index (κ1) is 71.8. The molecule has 4 fully saturated rings. The Labute approximate surface area is 581 Å². The van der Waals surface area contributed by atoms with Crippen LogP contribution in [-0.4, -0.2) is 64.3 Å². The van der Waals surface area contributed by atoms with Crippen LogP contribution in [0.15, 0.2) is 127 Å². The Morgan fingerprint density at radius 2 is 0.928 bits per heavy atom. The average Bonchev–Trinajstić information content (AvgIpc) is 1.68. The van der Waals surface area contributed by atoms with Gasteiger partial charge in [0, 0.05) is 22.3 Å². The van der Waals surface area contributed by atoms with Gasteiger partial charge in [-0.1, -0.05) is 156 Å². The molecule has 6 aromatic rings. The summed E-state index contributed by atoms with van der Waals surface area (Å²) in [5.41, 5.74) is 4.51. The molecule has 0 amide bonds. The monoisotopic (exact) mass is 1360 g/mol. The largest absolute Gasteiger partial charge is 0.486 e. The lowest BCUT2D eigenvalue weighted by Gasteiger charge is -2.61. The van der Waals surface area contributed by atoms with Gasteiger partial charge < -0.3 is 37.9 Å². The minimum Gasteiger partial charge on any atom is -0.486 e. The number of ether oxygens (including phenoxy) is 8. The Bertz CT molecular complexity index is 3700. The van der Waals surface area contributed by atoms with E-state index in [0.29, 0.717) is 62.6 Å². The van der Waals surface area contributed by atoms with E-state index in [1.54, 1.807) is 121 Å². The van der Waals surface area contributed by atoms with Crippen LogP contribution >= 0.6 is 23.2 Å². The molecule has 0 aliphatic heterocycles. The summed E-state index contributed by atoms with van der Waals surface area (Å²) in [4.78, 5) is 81.8. The Balaban J connectivity index is 1.02. The molecular formula is C81H92Cl2O14. The summed E-state index contributed by atoms with van der Waals surface area (Å²) in [5.74, 6) is 1.47. The third-order valence-corrected chi connectivity index (χ3v) is 22.8. The summed E-state index contributed by atoms with van der Waals surface area (Å²) in [6, 6.07) is 33.3. The van der Waals surface area contributed by atoms with Gasteiger partial charge in [-0.15, -0.1) is 0 Å². The number of esters is 6. The van der Waals surface area contributed by atoms with Gasteiger partial charge in [0.15, 0.2) is 11.5 Å². The van der Waals surface area contributed by atoms with Gasteiger partial charge in [-0.05, 0) is 194 Å². The fourth-order valence-corrected chi connectivity index (χ4v) is 17.7. The van der Waals surface area contributed by atoms with Gasteiger partial charge in [0.05, 0.1) is 60.7 Å². The molecule has 0 aromatic heterocycles. The molecule has 0 radical (unpaired) electrons. The molecule has 514 valence electrons. The second-order valence-corrected chi connectivity index (χ2v) is 28.8. The van der Waals surface area contributed by atoms with Crippen LogP contribution < -0.4 is 9.47 Å². The maximum Gasteiger partial charge on any atom is 0.342 e. The van der Waals surface area contributed by atoms with Gasteiger partial charge in [0.1, 0.15) is 37.6 Å². The molecule has 9 atom stereocenters. The van der Waals surface area contributed by atoms with E-state index < -0.39 is 35.8 Å². The molecule has 14 nitrogen and oxygen atoms in total. The molecule has 6 aromatic carbocycles. The van der Waals surface area contributed by atoms with Crippen molar-refractivity contribution in [3.05, 3.63) is 204 Å². The van der Waals surface area contributed by atoms with E-state index >= 15 is 0 Å². The fourth-order valence-electron chi connectivity index (χ4n) is 17.2. The molecule has 97 heavy (non-hydrogen) atoms. The number of carbonyl (C=O) groups excluding carboxylic acids is 6. The van der Waals surface area contributed by atoms with E-state index in [-0.39, 0.29) is 86.8 Å². The summed E-state index contributed by atoms with van der Waals surface area (Å²) in [7, 11) is 5.11. The predicted molar refractivity (Wildman–Crippen MR) is 374 cm³/mol. The second-order valence-electron chi connectivity index (χ2n) is 28.0. The number of rotatable bonds is 26. The second kappa shape index (κ2) is 32.2. The zero-order chi connectivity index (χ0) is 69.1. The quantitative estimate of drug-likeness (QED) is 0.0370. The van der Waals surface area contributed by atoms with Gasteiger partial charge in [-0.25, -0.2) is 28.8 Å². The van der Waals surface area contributed by atoms with Crippen LogP contribution in [0.5, 0.6) is 11.5 Å². The molecule has 0 bridgehead atoms. The highest BCUT2D eigenvalue weighted by molar-refractivity contribution is 6.33. The van der Waals surface area contributed by atoms with Gasteiger partial charge in [-0.3, -0.25) is 0 Å². The molecule has 4 saturated carbocycles. The van der Waals surface area contributed by atoms with Crippen molar-refractivity contribution in [2.45, 2.75) is 151 Å². The highest BCUT2D eigenvalue weighted by Gasteiger charge is 2.60. The number of methoxy groups -OCH3 is 4. The van der Waals surface area contributed by atoms with Crippen LogP contribution in [0.4, 0.5) is 0 Å². The van der Waals surface area contributed by atoms with Crippen LogP contribution in [0.3, 0.4) is 0 Å². The minimum atomic E-state index is -0.855. The lowest BCUT2D eigenvalue weighted by Crippen LogP contribution is -2.53. The lowest BCUT2D eigenvalue weighted by molar-refractivity contribution is -0.121. The first-order chi connectivity index (χ1) is 46.7. The highest BCUT2D eigenvalue weighted by Crippen LogP contribution is 2.69. The number of halogens is 2. The number of hydrogen-bond donors (Lipinski definition) is 0. The third-order valence-electron chi connectivity index (χ3n) is 22.2. The van der Waals surface area contributed by atoms with Crippen molar-refractivity contribution in [3.8, 4) is 11.5 Å². The summed E-state index contributed by atoms with van der Waals surface area (Å²) in [6.45, 7) is 11.5. The SMILES string of the molecule is COC(=O)c1ccccc1COC(=O)c1cc(C(=CCCC2CC[C@@]3(C)C(CC[C@H]4[C@@H]5CC[C@H]([C@H](C)CCCC(C)C)[C@@]5(C)CC[C@@H]43)C2)c2cc(Cl)c(OCc3ccccc3C(=O)OC)c(C(=O)OCc3ccccc3C(=O)OC)c2)cc(Cl)c1OCc1ccccc1C(=O)OC. The van der Waals surface area contributed by atoms with Gasteiger partial charge in [0.2, 0.25) is 0 Å². The molecule has 2 unspecified atom stereocenters. The Morgan fingerprint density at radius 1 is 0.495 bits per heavy atom. The van der Waals surface area contributed by atoms with Crippen LogP contribution in [0, 0.1) is 58.2 Å². The molecule has 10 rings (SSSR count). The molecular weight excluding hydrogens is 1270 g/mol. The predicted octanol–water partition coefficient (Wildman–Crippen LogP) is 19.0. The number of benzene rings is 6. The van der Waals surface area contributed by atoms with E-state index in [9.17, 15) is 28.8 Å². The smallest absolute Gasteiger partial charge is 0.342 e. The maximum absolute atomic E-state index is 15.0. The molecule has 0 heterocycles. The fraction of sp³-hybridized carbons (Fsp3) is 0.457. The molecule has 16 heteroatoms. The van der Waals surface area contributed by atoms with E-state index in [1.165, 1.54) is 92.6 Å². The Hall–Kier alpha value is -7.94. The molecule has 4 aliphatic carbocycles. The van der Waals surface area contributed by atoms with Crippen molar-refractivity contribution in [2.24, 2.45) is 58.2 Å². The number of carbonyl (C=O) groups is 6. The van der Waals surface area contributed by atoms with Crippen molar-refractivity contribution in [2.75, 3.05) is 28.4 Å². The molecule has 4 aliphatic rings. The molecule has 0 saturated heterocycles. The number of fused-ring (bicyclic) bond motifs is 5. The number of hydrogen-bond acceptors (Lipinski definition) is 14. The summed E-state index contributed by atoms with van der Waals surface area (Å²) < 4.78 is 45.3. The first-order valence-electron chi connectivity index (χ1n) is 34.3. The van der Waals surface area contributed by atoms with Gasteiger partial charge >= 0.3 is 35.8 Å². The van der Waals surface area contributed by atoms with Crippen molar-refractivity contribution < 1.29 is 66.7 Å². The normalized spacial score (nSPS) is 21.9. The van der Waals surface area contributed by atoms with Gasteiger partial charge in [-0.2, -0.15) is 0 Å². The zero-order valence-corrected chi connectivity index (χ0v) is 59.0. The lowest BCUT2D eigenvalue weighted by atomic mass is 9.44. The zero-order valence-electron chi connectivity index (χ0n) is 57.4. The van der Waals surface area contributed by atoms with Crippen LogP contribution in [0.25, 0.3) is 5.57 Å². The standard InChI is InChI=1S/C81H92Cl2O14/c1-49(2)20-18-21-50(3)67-34-35-68-64-33-32-58-40-51(36-38-80(58,4)69(64)37-39-81(67,68)5)22-19-31-59(56-41-65(78(88)96-47-54-25-12-16-29-62(54)76(86)92-8)72(70(82)43-56)94-45-52-23-10-14-27-60(52)74(84)90-6)57-42-66(79(89)97-48-55-26-13-17-30-63(55)77(87)93-9)73(71(83)44-57)95-46-53-24-11-15-28-61(53)75(85)91-7/h10-17,23-31,41-44,49-51,58,64,67-69H,18-22,32-40,45-48H2,1-9H3/t50-,51?,58?,64+,67-,68+,69+,80+,81-/m1/s1. The van der Waals surface area contributed by atoms with Crippen molar-refractivity contribution in [1.82, 2.24) is 0 Å². The summed E-state index contributed by atoms with van der Waals surface area (Å²) in [6.07, 6.45) is 18.9. The topological polar surface area (TPSA) is 176 Å². The maximum atomic E-state index is 15.0. The molecule has 0 N–H and O–H groups in total. The van der Waals surface area contributed by atoms with E-state index in [1.807, 2.05) is 0 Å². The highest BCUT2D eigenvalue weighted by atomic mass is 35.5. The third kappa shape index (κ3) is 16.0. The summed E-state index contributed by atoms with van der Waals surface area (Å²) >= 11 is 14.8. The van der Waals surface area contributed by atoms with E-state index in [0.717, 1.165) is 54.8 Å². The van der Waals surface area contributed by atoms with Crippen molar-refractivity contribution >= 4 is 64.6 Å². The van der Waals surface area contributed by atoms with Gasteiger partial charge in [0.25, 0.3) is 0 Å². The van der Waals surface area contributed by atoms with Crippen LogP contribution in [0.1, 0.15) is 220 Å². The average molecular weight is 1360 g/mol. The molecule has 0 spiro atoms. The van der Waals surface area contributed by atoms with E-state index in [4.69, 9.17) is 61.1 Å². The van der Waals surface area contributed by atoms with E-state index in [2.05, 4.69) is 40.7 Å². The minimum absolute atomic E-state index is 0.00885. The van der Waals surface area contributed by atoms with Crippen molar-refractivity contribution in [3.63, 3.8) is 0 Å². The Kier molecular flexibility index (Phi) is 23.8. The van der Waals surface area contributed by atoms with Crippen LogP contribution in [0.2, 0.25) is 10.0 Å². The first-order valence-corrected chi connectivity index (χ1v) is 35.1. The van der Waals surface area contributed by atoms with Crippen LogP contribution in [-0.2, 0) is 54.8 Å². The number of allylic oxidation sites excluding steroid dienone is 1. The van der Waals surface area contributed by atoms with Crippen molar-refractivity contribution in [1.29, 1.82) is 0 Å². The summed E-state index contributed by atoms with van der Waals surface area (Å²) in [5, 5.41) is 0.0177.